The van der Waals surface area contributed by atoms with Crippen LogP contribution < -0.4 is 24.8 Å². The predicted molar refractivity (Wildman–Crippen MR) is 144 cm³/mol. The number of H-pyrrole nitrogens is 1. The molecule has 204 valence electrons. The highest BCUT2D eigenvalue weighted by Crippen LogP contribution is 2.41. The number of benzene rings is 2. The Bertz CT molecular complexity index is 1340. The molecule has 0 fully saturated rings. The highest BCUT2D eigenvalue weighted by atomic mass is 16.5. The van der Waals surface area contributed by atoms with Crippen LogP contribution in [0.2, 0.25) is 0 Å². The third-order valence-electron chi connectivity index (χ3n) is 6.88. The second kappa shape index (κ2) is 11.9. The molecule has 10 heteroatoms. The molecule has 3 aromatic rings. The zero-order chi connectivity index (χ0) is 27.2. The Morgan fingerprint density at radius 1 is 1.03 bits per heavy atom. The molecule has 2 aromatic carbocycles. The molecule has 1 aromatic heterocycles. The number of ether oxygens (including phenoxy) is 3. The van der Waals surface area contributed by atoms with Crippen LogP contribution in [0.1, 0.15) is 46.8 Å². The van der Waals surface area contributed by atoms with Crippen molar-refractivity contribution in [1.29, 1.82) is 0 Å². The van der Waals surface area contributed by atoms with Crippen LogP contribution in [0.4, 0.5) is 5.69 Å². The van der Waals surface area contributed by atoms with Gasteiger partial charge in [-0.25, -0.2) is 0 Å². The Hall–Kier alpha value is -4.47. The molecule has 3 aliphatic heterocycles. The van der Waals surface area contributed by atoms with Gasteiger partial charge in [-0.15, -0.1) is 0 Å². The molecule has 0 spiro atoms. The van der Waals surface area contributed by atoms with Gasteiger partial charge in [0.15, 0.2) is 11.5 Å². The molecule has 4 heterocycles. The Kier molecular flexibility index (Phi) is 8.00. The van der Waals surface area contributed by atoms with E-state index in [0.29, 0.717) is 61.0 Å². The molecule has 10 nitrogen and oxygen atoms in total. The quantitative estimate of drug-likeness (QED) is 0.436. The third kappa shape index (κ3) is 6.17. The number of aromatic amines is 1. The molecule has 6 rings (SSSR count). The summed E-state index contributed by atoms with van der Waals surface area (Å²) in [6.45, 7) is 1.25. The largest absolute Gasteiger partial charge is 0.493 e. The Morgan fingerprint density at radius 3 is 2.74 bits per heavy atom. The van der Waals surface area contributed by atoms with Gasteiger partial charge in [0, 0.05) is 36.8 Å². The van der Waals surface area contributed by atoms with Crippen molar-refractivity contribution in [1.82, 2.24) is 15.2 Å². The van der Waals surface area contributed by atoms with E-state index in [1.165, 1.54) is 4.90 Å². The first-order valence-electron chi connectivity index (χ1n) is 13.1. The minimum atomic E-state index is -0.272. The minimum absolute atomic E-state index is 0.0686. The lowest BCUT2D eigenvalue weighted by molar-refractivity contribution is -0.122. The number of hydrogen-bond donors (Lipinski definition) is 3. The SMILES string of the molecule is COc1ccc2cc1OCCCCN(C(=O)c1ccc[nH]1)CC(=O)NCCOc1ccc3c(c1)NC(=O)CC23. The van der Waals surface area contributed by atoms with Crippen molar-refractivity contribution in [3.8, 4) is 17.2 Å². The maximum absolute atomic E-state index is 13.0. The Morgan fingerprint density at radius 2 is 1.92 bits per heavy atom. The van der Waals surface area contributed by atoms with Gasteiger partial charge >= 0.3 is 0 Å². The molecular weight excluding hydrogens is 500 g/mol. The van der Waals surface area contributed by atoms with Gasteiger partial charge in [-0.05, 0) is 54.3 Å². The summed E-state index contributed by atoms with van der Waals surface area (Å²) in [6, 6.07) is 14.8. The van der Waals surface area contributed by atoms with Gasteiger partial charge in [-0.1, -0.05) is 12.1 Å². The van der Waals surface area contributed by atoms with Crippen molar-refractivity contribution < 1.29 is 28.6 Å². The first kappa shape index (κ1) is 26.1. The number of anilines is 1. The minimum Gasteiger partial charge on any atom is -0.493 e. The number of amides is 3. The average molecular weight is 533 g/mol. The van der Waals surface area contributed by atoms with Crippen LogP contribution in [-0.4, -0.2) is 67.6 Å². The number of carbonyl (C=O) groups is 3. The fourth-order valence-corrected chi connectivity index (χ4v) is 4.92. The van der Waals surface area contributed by atoms with Crippen molar-refractivity contribution in [3.05, 3.63) is 71.5 Å². The van der Waals surface area contributed by atoms with E-state index in [1.54, 1.807) is 31.5 Å². The number of hydrogen-bond acceptors (Lipinski definition) is 6. The third-order valence-corrected chi connectivity index (χ3v) is 6.88. The van der Waals surface area contributed by atoms with Gasteiger partial charge in [0.25, 0.3) is 5.91 Å². The standard InChI is InChI=1S/C29H32N4O6/c1-37-25-9-6-19-15-26(25)39-13-3-2-12-33(29(36)23-5-4-10-30-23)18-28(35)31-11-14-38-20-7-8-21-22(19)17-27(34)32-24(21)16-20/h4-10,15-16,22,30H,2-3,11-14,17-18H2,1H3,(H,31,35)(H,32,34). The molecule has 39 heavy (non-hydrogen) atoms. The van der Waals surface area contributed by atoms with E-state index in [4.69, 9.17) is 14.2 Å². The van der Waals surface area contributed by atoms with Gasteiger partial charge in [-0.3, -0.25) is 14.4 Å². The van der Waals surface area contributed by atoms with E-state index in [2.05, 4.69) is 15.6 Å². The van der Waals surface area contributed by atoms with Crippen molar-refractivity contribution in [2.75, 3.05) is 45.3 Å². The van der Waals surface area contributed by atoms with Crippen LogP contribution in [0.3, 0.4) is 0 Å². The van der Waals surface area contributed by atoms with Crippen molar-refractivity contribution >= 4 is 23.4 Å². The van der Waals surface area contributed by atoms with Gasteiger partial charge < -0.3 is 34.7 Å². The lowest BCUT2D eigenvalue weighted by atomic mass is 9.84. The highest BCUT2D eigenvalue weighted by molar-refractivity contribution is 5.96. The fraction of sp³-hybridized carbons (Fsp3) is 0.345. The molecule has 6 bridgehead atoms. The van der Waals surface area contributed by atoms with E-state index < -0.39 is 0 Å². The number of fused-ring (bicyclic) bond motifs is 12. The van der Waals surface area contributed by atoms with Gasteiger partial charge in [0.1, 0.15) is 18.1 Å². The van der Waals surface area contributed by atoms with Crippen molar-refractivity contribution in [3.63, 3.8) is 0 Å². The van der Waals surface area contributed by atoms with Crippen LogP contribution in [-0.2, 0) is 9.59 Å². The maximum Gasteiger partial charge on any atom is 0.270 e. The lowest BCUT2D eigenvalue weighted by Crippen LogP contribution is -2.42. The first-order valence-corrected chi connectivity index (χ1v) is 13.1. The lowest BCUT2D eigenvalue weighted by Gasteiger charge is -2.27. The molecule has 0 aliphatic carbocycles. The van der Waals surface area contributed by atoms with Crippen molar-refractivity contribution in [2.45, 2.75) is 25.2 Å². The Balaban J connectivity index is 1.40. The number of carbonyl (C=O) groups excluding carboxylic acids is 3. The summed E-state index contributed by atoms with van der Waals surface area (Å²) in [4.78, 5) is 42.7. The first-order chi connectivity index (χ1) is 19.0. The van der Waals surface area contributed by atoms with E-state index >= 15 is 0 Å². The molecule has 3 aliphatic rings. The fourth-order valence-electron chi connectivity index (χ4n) is 4.92. The van der Waals surface area contributed by atoms with E-state index in [1.807, 2.05) is 30.3 Å². The van der Waals surface area contributed by atoms with E-state index in [0.717, 1.165) is 11.1 Å². The second-order valence-electron chi connectivity index (χ2n) is 9.53. The molecule has 0 saturated carbocycles. The Labute approximate surface area is 226 Å². The zero-order valence-corrected chi connectivity index (χ0v) is 21.8. The zero-order valence-electron chi connectivity index (χ0n) is 21.8. The number of methoxy groups -OCH3 is 1. The second-order valence-corrected chi connectivity index (χ2v) is 9.53. The predicted octanol–water partition coefficient (Wildman–Crippen LogP) is 3.31. The van der Waals surface area contributed by atoms with E-state index in [-0.39, 0.29) is 43.3 Å². The van der Waals surface area contributed by atoms with Crippen LogP contribution in [0.15, 0.2) is 54.7 Å². The van der Waals surface area contributed by atoms with Crippen LogP contribution in [0.25, 0.3) is 0 Å². The molecule has 3 amide bonds. The summed E-state index contributed by atoms with van der Waals surface area (Å²) in [5.74, 6) is 1.05. The highest BCUT2D eigenvalue weighted by Gasteiger charge is 2.28. The summed E-state index contributed by atoms with van der Waals surface area (Å²) >= 11 is 0. The molecule has 0 saturated heterocycles. The summed E-state index contributed by atoms with van der Waals surface area (Å²) in [5.41, 5.74) is 3.08. The topological polar surface area (TPSA) is 122 Å². The molecular formula is C29H32N4O6. The summed E-state index contributed by atoms with van der Waals surface area (Å²) in [7, 11) is 1.59. The van der Waals surface area contributed by atoms with Crippen LogP contribution >= 0.6 is 0 Å². The van der Waals surface area contributed by atoms with Crippen LogP contribution in [0.5, 0.6) is 17.2 Å². The average Bonchev–Trinajstić information content (AvgIpc) is 3.48. The summed E-state index contributed by atoms with van der Waals surface area (Å²) in [6.07, 6.45) is 3.30. The number of nitrogens with one attached hydrogen (secondary N) is 3. The van der Waals surface area contributed by atoms with Gasteiger partial charge in [0.2, 0.25) is 11.8 Å². The number of rotatable bonds is 2. The molecule has 3 N–H and O–H groups in total. The van der Waals surface area contributed by atoms with E-state index in [9.17, 15) is 14.4 Å². The smallest absolute Gasteiger partial charge is 0.270 e. The van der Waals surface area contributed by atoms with Gasteiger partial charge in [0.05, 0.1) is 26.8 Å². The number of aromatic nitrogens is 1. The maximum atomic E-state index is 13.0. The molecule has 1 atom stereocenters. The van der Waals surface area contributed by atoms with Crippen molar-refractivity contribution in [2.24, 2.45) is 0 Å². The normalized spacial score (nSPS) is 18.3. The molecule has 0 radical (unpaired) electrons. The summed E-state index contributed by atoms with van der Waals surface area (Å²) in [5, 5.41) is 5.77. The number of nitrogens with zero attached hydrogens (tertiary/aromatic N) is 1. The summed E-state index contributed by atoms with van der Waals surface area (Å²) < 4.78 is 17.5. The molecule has 1 unspecified atom stereocenters. The van der Waals surface area contributed by atoms with Crippen LogP contribution in [0, 0.1) is 0 Å². The monoisotopic (exact) mass is 532 g/mol. The van der Waals surface area contributed by atoms with Gasteiger partial charge in [-0.2, -0.15) is 0 Å².